The second-order valence-corrected chi connectivity index (χ2v) is 7.50. The lowest BCUT2D eigenvalue weighted by Gasteiger charge is -2.30. The summed E-state index contributed by atoms with van der Waals surface area (Å²) in [7, 11) is 0. The third kappa shape index (κ3) is 4.84. The fourth-order valence-corrected chi connectivity index (χ4v) is 3.45. The van der Waals surface area contributed by atoms with Crippen molar-refractivity contribution in [1.82, 2.24) is 20.0 Å². The first-order valence-electron chi connectivity index (χ1n) is 9.82. The van der Waals surface area contributed by atoms with E-state index >= 15 is 0 Å². The van der Waals surface area contributed by atoms with E-state index in [1.165, 1.54) is 29.7 Å². The first-order valence-corrected chi connectivity index (χ1v) is 9.82. The molecule has 0 spiro atoms. The molecule has 1 aromatic heterocycles. The summed E-state index contributed by atoms with van der Waals surface area (Å²) in [5, 5.41) is 6.89. The van der Waals surface area contributed by atoms with Crippen LogP contribution in [0, 0.1) is 18.7 Å². The summed E-state index contributed by atoms with van der Waals surface area (Å²) in [5.41, 5.74) is -0.0207. The van der Waals surface area contributed by atoms with Gasteiger partial charge in [0.2, 0.25) is 5.43 Å². The van der Waals surface area contributed by atoms with Crippen LogP contribution in [-0.4, -0.2) is 46.8 Å². The highest BCUT2D eigenvalue weighted by Gasteiger charge is 2.17. The predicted octanol–water partition coefficient (Wildman–Crippen LogP) is 2.53. The Kier molecular flexibility index (Phi) is 6.57. The van der Waals surface area contributed by atoms with Gasteiger partial charge in [-0.15, -0.1) is 0 Å². The molecule has 6 nitrogen and oxygen atoms in total. The lowest BCUT2D eigenvalue weighted by Crippen LogP contribution is -2.36. The van der Waals surface area contributed by atoms with E-state index in [4.69, 9.17) is 0 Å². The Hall–Kier alpha value is -2.54. The van der Waals surface area contributed by atoms with Crippen molar-refractivity contribution in [2.45, 2.75) is 33.1 Å². The molecule has 150 valence electrons. The van der Waals surface area contributed by atoms with Crippen LogP contribution >= 0.6 is 0 Å². The third-order valence-corrected chi connectivity index (χ3v) is 5.22. The zero-order valence-electron chi connectivity index (χ0n) is 16.4. The number of hydrogen-bond acceptors (Lipinski definition) is 4. The first kappa shape index (κ1) is 20.2. The number of carbonyl (C=O) groups is 1. The van der Waals surface area contributed by atoms with Gasteiger partial charge in [0, 0.05) is 18.3 Å². The second kappa shape index (κ2) is 9.10. The van der Waals surface area contributed by atoms with Crippen molar-refractivity contribution in [2.24, 2.45) is 5.92 Å². The largest absolute Gasteiger partial charge is 0.350 e. The van der Waals surface area contributed by atoms with Crippen LogP contribution in [0.5, 0.6) is 0 Å². The van der Waals surface area contributed by atoms with Crippen LogP contribution in [0.1, 0.15) is 42.4 Å². The van der Waals surface area contributed by atoms with Gasteiger partial charge in [-0.1, -0.05) is 19.1 Å². The Bertz CT molecular complexity index is 888. The maximum atomic E-state index is 14.1. The number of hydrogen-bond donors (Lipinski definition) is 1. The van der Waals surface area contributed by atoms with E-state index in [0.717, 1.165) is 32.0 Å². The zero-order chi connectivity index (χ0) is 20.1. The van der Waals surface area contributed by atoms with Crippen molar-refractivity contribution in [3.05, 3.63) is 57.8 Å². The number of piperidine rings is 1. The summed E-state index contributed by atoms with van der Waals surface area (Å²) >= 11 is 0. The number of aromatic nitrogens is 2. The number of rotatable bonds is 6. The number of benzene rings is 1. The van der Waals surface area contributed by atoms with E-state index in [2.05, 4.69) is 22.2 Å². The van der Waals surface area contributed by atoms with E-state index in [-0.39, 0.29) is 11.4 Å². The lowest BCUT2D eigenvalue weighted by molar-refractivity contribution is 0.0942. The Morgan fingerprint density at radius 2 is 2.00 bits per heavy atom. The molecule has 3 rings (SSSR count). The minimum absolute atomic E-state index is 0.202. The summed E-state index contributed by atoms with van der Waals surface area (Å²) in [5.74, 6) is -0.202. The van der Waals surface area contributed by atoms with Crippen LogP contribution in [0.15, 0.2) is 35.1 Å². The number of nitrogens with zero attached hydrogens (tertiary/aromatic N) is 3. The predicted molar refractivity (Wildman–Crippen MR) is 106 cm³/mol. The summed E-state index contributed by atoms with van der Waals surface area (Å²) in [6.07, 6.45) is 3.25. The molecule has 2 aromatic rings. The fraction of sp³-hybridized carbons (Fsp3) is 0.476. The number of halogens is 1. The normalized spacial score (nSPS) is 15.5. The number of nitrogens with one attached hydrogen (secondary N) is 1. The van der Waals surface area contributed by atoms with E-state index in [1.54, 1.807) is 25.1 Å². The van der Waals surface area contributed by atoms with Crippen molar-refractivity contribution in [2.75, 3.05) is 26.2 Å². The molecule has 1 aromatic carbocycles. The molecule has 0 radical (unpaired) electrons. The third-order valence-electron chi connectivity index (χ3n) is 5.22. The van der Waals surface area contributed by atoms with Gasteiger partial charge in [-0.2, -0.15) is 5.10 Å². The van der Waals surface area contributed by atoms with Crippen molar-refractivity contribution in [1.29, 1.82) is 0 Å². The standard InChI is InChI=1S/C21H27FN4O2/c1-15-8-12-25(13-9-15)11-5-10-23-21(28)20-19(27)14-16(2)26(24-20)18-7-4-3-6-17(18)22/h3-4,6-7,14-15H,5,8-13H2,1-2H3,(H,23,28). The van der Waals surface area contributed by atoms with E-state index in [9.17, 15) is 14.0 Å². The van der Waals surface area contributed by atoms with Crippen molar-refractivity contribution < 1.29 is 9.18 Å². The van der Waals surface area contributed by atoms with E-state index < -0.39 is 17.2 Å². The minimum atomic E-state index is -0.526. The molecule has 0 bridgehead atoms. The molecular weight excluding hydrogens is 359 g/mol. The quantitative estimate of drug-likeness (QED) is 0.775. The van der Waals surface area contributed by atoms with Gasteiger partial charge in [0.25, 0.3) is 5.91 Å². The Morgan fingerprint density at radius 3 is 2.71 bits per heavy atom. The van der Waals surface area contributed by atoms with Gasteiger partial charge < -0.3 is 10.2 Å². The summed E-state index contributed by atoms with van der Waals surface area (Å²) in [6, 6.07) is 7.44. The van der Waals surface area contributed by atoms with Crippen LogP contribution in [0.25, 0.3) is 5.69 Å². The molecule has 1 amide bonds. The van der Waals surface area contributed by atoms with Gasteiger partial charge in [0.05, 0.1) is 0 Å². The summed E-state index contributed by atoms with van der Waals surface area (Å²) in [4.78, 5) is 27.1. The van der Waals surface area contributed by atoms with Gasteiger partial charge in [-0.3, -0.25) is 9.59 Å². The van der Waals surface area contributed by atoms with Crippen molar-refractivity contribution in [3.63, 3.8) is 0 Å². The minimum Gasteiger partial charge on any atom is -0.350 e. The molecule has 1 aliphatic heterocycles. The van der Waals surface area contributed by atoms with Gasteiger partial charge in [-0.05, 0) is 63.9 Å². The van der Waals surface area contributed by atoms with Crippen molar-refractivity contribution in [3.8, 4) is 5.69 Å². The van der Waals surface area contributed by atoms with E-state index in [1.807, 2.05) is 0 Å². The number of likely N-dealkylation sites (tertiary alicyclic amines) is 1. The molecular formula is C21H27FN4O2. The van der Waals surface area contributed by atoms with Gasteiger partial charge >= 0.3 is 0 Å². The topological polar surface area (TPSA) is 67.2 Å². The first-order chi connectivity index (χ1) is 13.5. The maximum absolute atomic E-state index is 14.1. The summed E-state index contributed by atoms with van der Waals surface area (Å²) in [6.45, 7) is 7.53. The Balaban J connectivity index is 1.63. The molecule has 1 N–H and O–H groups in total. The number of amides is 1. The zero-order valence-corrected chi connectivity index (χ0v) is 16.4. The average molecular weight is 386 g/mol. The molecule has 1 aliphatic rings. The SMILES string of the molecule is Cc1cc(=O)c(C(=O)NCCCN2CCC(C)CC2)nn1-c1ccccc1F. The number of carbonyl (C=O) groups excluding carboxylic acids is 1. The molecule has 1 fully saturated rings. The molecule has 7 heteroatoms. The van der Waals surface area contributed by atoms with Crippen LogP contribution in [0.4, 0.5) is 4.39 Å². The lowest BCUT2D eigenvalue weighted by atomic mass is 9.99. The van der Waals surface area contributed by atoms with Crippen LogP contribution < -0.4 is 10.7 Å². The fourth-order valence-electron chi connectivity index (χ4n) is 3.45. The number of aryl methyl sites for hydroxylation is 1. The molecule has 1 saturated heterocycles. The van der Waals surface area contributed by atoms with Gasteiger partial charge in [0.15, 0.2) is 5.69 Å². The highest BCUT2D eigenvalue weighted by Crippen LogP contribution is 2.16. The Labute approximate surface area is 164 Å². The van der Waals surface area contributed by atoms with Crippen LogP contribution in [0.2, 0.25) is 0 Å². The molecule has 28 heavy (non-hydrogen) atoms. The number of para-hydroxylation sites is 1. The van der Waals surface area contributed by atoms with Crippen LogP contribution in [-0.2, 0) is 0 Å². The average Bonchev–Trinajstić information content (AvgIpc) is 2.67. The van der Waals surface area contributed by atoms with E-state index in [0.29, 0.717) is 12.2 Å². The molecule has 0 aliphatic carbocycles. The second-order valence-electron chi connectivity index (χ2n) is 7.50. The monoisotopic (exact) mass is 386 g/mol. The van der Waals surface area contributed by atoms with Gasteiger partial charge in [-0.25, -0.2) is 9.07 Å². The molecule has 2 heterocycles. The van der Waals surface area contributed by atoms with Gasteiger partial charge in [0.1, 0.15) is 11.5 Å². The molecule has 0 atom stereocenters. The molecule has 0 unspecified atom stereocenters. The van der Waals surface area contributed by atoms with Crippen molar-refractivity contribution >= 4 is 5.91 Å². The Morgan fingerprint density at radius 1 is 1.29 bits per heavy atom. The smallest absolute Gasteiger partial charge is 0.275 e. The molecule has 0 saturated carbocycles. The van der Waals surface area contributed by atoms with Crippen LogP contribution in [0.3, 0.4) is 0 Å². The maximum Gasteiger partial charge on any atom is 0.275 e. The highest BCUT2D eigenvalue weighted by molar-refractivity contribution is 5.92. The summed E-state index contributed by atoms with van der Waals surface area (Å²) < 4.78 is 15.4. The highest BCUT2D eigenvalue weighted by atomic mass is 19.1.